The quantitative estimate of drug-likeness (QED) is 0.779. The van der Waals surface area contributed by atoms with Crippen molar-refractivity contribution in [3.8, 4) is 5.75 Å². The number of phenols is 1. The summed E-state index contributed by atoms with van der Waals surface area (Å²) in [6, 6.07) is 5.40. The fourth-order valence-electron chi connectivity index (χ4n) is 3.81. The molecule has 3 amide bonds. The number of aromatic hydroxyl groups is 1. The lowest BCUT2D eigenvalue weighted by molar-refractivity contribution is -0.121. The highest BCUT2D eigenvalue weighted by Crippen LogP contribution is 2.31. The third kappa shape index (κ3) is 4.54. The molecule has 2 aliphatic heterocycles. The van der Waals surface area contributed by atoms with E-state index in [0.717, 1.165) is 44.3 Å². The Bertz CT molecular complexity index is 705. The Morgan fingerprint density at radius 3 is 2.41 bits per heavy atom. The van der Waals surface area contributed by atoms with Crippen LogP contribution in [0.3, 0.4) is 0 Å². The minimum Gasteiger partial charge on any atom is -0.506 e. The van der Waals surface area contributed by atoms with Crippen molar-refractivity contribution >= 4 is 17.6 Å². The number of likely N-dealkylation sites (tertiary alicyclic amines) is 2. The molecule has 2 heterocycles. The molecule has 1 aromatic rings. The number of urea groups is 1. The van der Waals surface area contributed by atoms with Crippen LogP contribution in [-0.4, -0.2) is 53.0 Å². The van der Waals surface area contributed by atoms with Crippen LogP contribution in [0.4, 0.5) is 10.5 Å². The Kier molecular flexibility index (Phi) is 5.63. The summed E-state index contributed by atoms with van der Waals surface area (Å²) in [6.45, 7) is 9.07. The summed E-state index contributed by atoms with van der Waals surface area (Å²) in [6.07, 6.45) is 3.71. The molecule has 0 spiro atoms. The highest BCUT2D eigenvalue weighted by Gasteiger charge is 2.32. The molecule has 2 fully saturated rings. The number of carbonyl (C=O) groups is 2. The number of hydrogen-bond acceptors (Lipinski definition) is 3. The van der Waals surface area contributed by atoms with Crippen LogP contribution in [0.5, 0.6) is 5.75 Å². The fraction of sp³-hybridized carbons (Fsp3) is 0.619. The predicted octanol–water partition coefficient (Wildman–Crippen LogP) is 3.56. The number of piperidine rings is 1. The van der Waals surface area contributed by atoms with Crippen molar-refractivity contribution in [3.63, 3.8) is 0 Å². The fourth-order valence-corrected chi connectivity index (χ4v) is 3.81. The summed E-state index contributed by atoms with van der Waals surface area (Å²) in [5.41, 5.74) is 1.41. The first-order chi connectivity index (χ1) is 12.8. The van der Waals surface area contributed by atoms with E-state index in [1.807, 2.05) is 21.9 Å². The van der Waals surface area contributed by atoms with Crippen molar-refractivity contribution in [3.05, 3.63) is 23.8 Å². The third-order valence-corrected chi connectivity index (χ3v) is 5.56. The van der Waals surface area contributed by atoms with E-state index in [2.05, 4.69) is 26.1 Å². The maximum Gasteiger partial charge on any atom is 0.320 e. The van der Waals surface area contributed by atoms with Gasteiger partial charge in [0.05, 0.1) is 11.6 Å². The minimum atomic E-state index is -0.247. The largest absolute Gasteiger partial charge is 0.506 e. The van der Waals surface area contributed by atoms with E-state index in [9.17, 15) is 14.7 Å². The van der Waals surface area contributed by atoms with E-state index >= 15 is 0 Å². The Morgan fingerprint density at radius 2 is 1.74 bits per heavy atom. The van der Waals surface area contributed by atoms with Gasteiger partial charge in [-0.25, -0.2) is 4.79 Å². The number of hydrogen-bond donors (Lipinski definition) is 2. The molecule has 1 aromatic carbocycles. The highest BCUT2D eigenvalue weighted by atomic mass is 16.3. The average molecular weight is 373 g/mol. The maximum absolute atomic E-state index is 12.8. The smallest absolute Gasteiger partial charge is 0.320 e. The van der Waals surface area contributed by atoms with Gasteiger partial charge in [-0.1, -0.05) is 26.8 Å². The summed E-state index contributed by atoms with van der Waals surface area (Å²) in [5, 5.41) is 13.0. The highest BCUT2D eigenvalue weighted by molar-refractivity contribution is 5.94. The molecule has 0 saturated carbocycles. The van der Waals surface area contributed by atoms with Gasteiger partial charge in [-0.15, -0.1) is 0 Å². The summed E-state index contributed by atoms with van der Waals surface area (Å²) in [5.74, 6) is -0.310. The van der Waals surface area contributed by atoms with E-state index in [4.69, 9.17) is 0 Å². The maximum atomic E-state index is 12.8. The number of benzene rings is 1. The van der Waals surface area contributed by atoms with Gasteiger partial charge in [-0.05, 0) is 48.8 Å². The van der Waals surface area contributed by atoms with E-state index in [1.54, 1.807) is 6.07 Å². The number of nitrogens with one attached hydrogen (secondary N) is 1. The molecule has 148 valence electrons. The molecule has 3 rings (SSSR count). The van der Waals surface area contributed by atoms with Gasteiger partial charge in [0.1, 0.15) is 5.75 Å². The molecule has 2 N–H and O–H groups in total. The van der Waals surface area contributed by atoms with E-state index in [1.165, 1.54) is 0 Å². The van der Waals surface area contributed by atoms with Crippen molar-refractivity contribution < 1.29 is 14.7 Å². The predicted molar refractivity (Wildman–Crippen MR) is 106 cm³/mol. The van der Waals surface area contributed by atoms with Crippen molar-refractivity contribution in [1.82, 2.24) is 9.80 Å². The molecule has 2 aliphatic rings. The van der Waals surface area contributed by atoms with Crippen LogP contribution in [-0.2, 0) is 10.2 Å². The number of amides is 3. The molecule has 2 saturated heterocycles. The third-order valence-electron chi connectivity index (χ3n) is 5.56. The Labute approximate surface area is 161 Å². The van der Waals surface area contributed by atoms with E-state index in [-0.39, 0.29) is 29.0 Å². The lowest BCUT2D eigenvalue weighted by Gasteiger charge is -2.34. The molecule has 0 aromatic heterocycles. The van der Waals surface area contributed by atoms with Gasteiger partial charge in [0.15, 0.2) is 0 Å². The molecule has 1 atom stereocenters. The molecule has 0 bridgehead atoms. The molecule has 27 heavy (non-hydrogen) atoms. The van der Waals surface area contributed by atoms with Gasteiger partial charge in [0, 0.05) is 26.2 Å². The average Bonchev–Trinajstić information content (AvgIpc) is 3.16. The van der Waals surface area contributed by atoms with Crippen LogP contribution in [0.1, 0.15) is 52.0 Å². The van der Waals surface area contributed by atoms with Crippen molar-refractivity contribution in [2.24, 2.45) is 5.92 Å². The van der Waals surface area contributed by atoms with E-state index < -0.39 is 0 Å². The summed E-state index contributed by atoms with van der Waals surface area (Å²) >= 11 is 0. The second-order valence-electron chi connectivity index (χ2n) is 8.73. The molecule has 6 heteroatoms. The zero-order valence-corrected chi connectivity index (χ0v) is 16.6. The Hall–Kier alpha value is -2.24. The number of carbonyl (C=O) groups excluding carboxylic acids is 2. The first kappa shape index (κ1) is 19.5. The van der Waals surface area contributed by atoms with Crippen LogP contribution in [0, 0.1) is 5.92 Å². The standard InChI is InChI=1S/C21H31N3O3/c1-21(2,3)16-8-9-18(25)17(13-16)22-19(26)15-7-6-12-24(14-15)20(27)23-10-4-5-11-23/h8-9,13,15,25H,4-7,10-12,14H2,1-3H3,(H,22,26)/t15-/m1/s1. The van der Waals surface area contributed by atoms with Gasteiger partial charge in [-0.2, -0.15) is 0 Å². The molecule has 6 nitrogen and oxygen atoms in total. The first-order valence-electron chi connectivity index (χ1n) is 9.94. The number of anilines is 1. The summed E-state index contributed by atoms with van der Waals surface area (Å²) < 4.78 is 0. The molecular weight excluding hydrogens is 342 g/mol. The molecular formula is C21H31N3O3. The van der Waals surface area contributed by atoms with Gasteiger partial charge in [0.25, 0.3) is 0 Å². The number of phenolic OH excluding ortho intramolecular Hbond substituents is 1. The van der Waals surface area contributed by atoms with Crippen LogP contribution in [0.25, 0.3) is 0 Å². The van der Waals surface area contributed by atoms with Crippen LogP contribution < -0.4 is 5.32 Å². The van der Waals surface area contributed by atoms with Crippen molar-refractivity contribution in [1.29, 1.82) is 0 Å². The summed E-state index contributed by atoms with van der Waals surface area (Å²) in [4.78, 5) is 29.1. The van der Waals surface area contributed by atoms with Crippen molar-refractivity contribution in [2.45, 2.75) is 51.9 Å². The normalized spacial score (nSPS) is 20.6. The lowest BCUT2D eigenvalue weighted by atomic mass is 9.86. The molecule has 0 aliphatic carbocycles. The second kappa shape index (κ2) is 7.79. The zero-order valence-electron chi connectivity index (χ0n) is 16.6. The second-order valence-corrected chi connectivity index (χ2v) is 8.73. The Balaban J connectivity index is 1.66. The number of rotatable bonds is 2. The number of nitrogens with zero attached hydrogens (tertiary/aromatic N) is 2. The zero-order chi connectivity index (χ0) is 19.6. The molecule has 0 unspecified atom stereocenters. The van der Waals surface area contributed by atoms with Crippen LogP contribution in [0.2, 0.25) is 0 Å². The molecule has 0 radical (unpaired) electrons. The van der Waals surface area contributed by atoms with Crippen molar-refractivity contribution in [2.75, 3.05) is 31.5 Å². The summed E-state index contributed by atoms with van der Waals surface area (Å²) in [7, 11) is 0. The van der Waals surface area contributed by atoms with Gasteiger partial charge < -0.3 is 20.2 Å². The topological polar surface area (TPSA) is 72.9 Å². The van der Waals surface area contributed by atoms with Crippen LogP contribution >= 0.6 is 0 Å². The van der Waals surface area contributed by atoms with E-state index in [0.29, 0.717) is 18.8 Å². The monoisotopic (exact) mass is 373 g/mol. The lowest BCUT2D eigenvalue weighted by Crippen LogP contribution is -2.48. The first-order valence-corrected chi connectivity index (χ1v) is 9.94. The Morgan fingerprint density at radius 1 is 1.07 bits per heavy atom. The minimum absolute atomic E-state index is 0.0579. The van der Waals surface area contributed by atoms with Gasteiger partial charge in [-0.3, -0.25) is 4.79 Å². The van der Waals surface area contributed by atoms with Gasteiger partial charge >= 0.3 is 6.03 Å². The SMILES string of the molecule is CC(C)(C)c1ccc(O)c(NC(=O)[C@@H]2CCCN(C(=O)N3CCCC3)C2)c1. The van der Waals surface area contributed by atoms with Gasteiger partial charge in [0.2, 0.25) is 5.91 Å². The van der Waals surface area contributed by atoms with Crippen LogP contribution in [0.15, 0.2) is 18.2 Å².